The number of hydrogen-bond donors (Lipinski definition) is 2. The van der Waals surface area contributed by atoms with E-state index < -0.39 is 0 Å². The molecule has 3 N–H and O–H groups in total. The molecule has 0 unspecified atom stereocenters. The van der Waals surface area contributed by atoms with Gasteiger partial charge in [0.2, 0.25) is 0 Å². The summed E-state index contributed by atoms with van der Waals surface area (Å²) in [7, 11) is 0. The van der Waals surface area contributed by atoms with Crippen LogP contribution in [0.15, 0.2) is 30.8 Å². The lowest BCUT2D eigenvalue weighted by Crippen LogP contribution is -2.06. The van der Waals surface area contributed by atoms with Crippen LogP contribution in [0.2, 0.25) is 0 Å². The maximum atomic E-state index is 5.19. The molecule has 1 aromatic rings. The molecule has 11 heavy (non-hydrogen) atoms. The molecule has 1 aromatic carbocycles. The lowest BCUT2D eigenvalue weighted by Gasteiger charge is -1.98. The van der Waals surface area contributed by atoms with Gasteiger partial charge in [0.25, 0.3) is 0 Å². The van der Waals surface area contributed by atoms with Crippen LogP contribution in [0.4, 0.5) is 5.69 Å². The van der Waals surface area contributed by atoms with Crippen LogP contribution in [0.5, 0.6) is 0 Å². The molecule has 0 saturated heterocycles. The van der Waals surface area contributed by atoms with E-state index in [4.69, 9.17) is 5.84 Å². The Morgan fingerprint density at radius 3 is 2.73 bits per heavy atom. The van der Waals surface area contributed by atoms with Crippen molar-refractivity contribution in [1.82, 2.24) is 0 Å². The summed E-state index contributed by atoms with van der Waals surface area (Å²) in [5.74, 6) is 5.19. The number of hydrogen-bond acceptors (Lipinski definition) is 2. The highest BCUT2D eigenvalue weighted by Gasteiger charge is 1.87. The highest BCUT2D eigenvalue weighted by molar-refractivity contribution is 5.85. The normalized spacial score (nSPS) is 8.09. The highest BCUT2D eigenvalue weighted by atomic mass is 35.5. The van der Waals surface area contributed by atoms with Crippen molar-refractivity contribution in [2.24, 2.45) is 5.84 Å². The molecule has 0 aliphatic heterocycles. The second-order valence-electron chi connectivity index (χ2n) is 1.97. The first-order valence-electron chi connectivity index (χ1n) is 3.06. The van der Waals surface area contributed by atoms with Gasteiger partial charge in [-0.2, -0.15) is 0 Å². The molecule has 0 aliphatic rings. The number of hydrazine groups is 1. The van der Waals surface area contributed by atoms with Crippen LogP contribution in [0.25, 0.3) is 6.08 Å². The Labute approximate surface area is 72.5 Å². The molecular formula is C8H11ClN2. The molecule has 1 rings (SSSR count). The Kier molecular flexibility index (Phi) is 4.34. The third-order valence-electron chi connectivity index (χ3n) is 1.29. The minimum Gasteiger partial charge on any atom is -0.324 e. The quantitative estimate of drug-likeness (QED) is 0.527. The highest BCUT2D eigenvalue weighted by Crippen LogP contribution is 2.09. The number of benzene rings is 1. The molecule has 0 amide bonds. The second-order valence-corrected chi connectivity index (χ2v) is 1.97. The lowest BCUT2D eigenvalue weighted by molar-refractivity contribution is 1.35. The van der Waals surface area contributed by atoms with Gasteiger partial charge < -0.3 is 5.43 Å². The van der Waals surface area contributed by atoms with Gasteiger partial charge in [0.15, 0.2) is 0 Å². The predicted octanol–water partition coefficient (Wildman–Crippen LogP) is 2.04. The van der Waals surface area contributed by atoms with Crippen molar-refractivity contribution in [3.05, 3.63) is 36.4 Å². The number of anilines is 1. The third-order valence-corrected chi connectivity index (χ3v) is 1.29. The van der Waals surface area contributed by atoms with Crippen LogP contribution in [0, 0.1) is 0 Å². The monoisotopic (exact) mass is 170 g/mol. The molecular weight excluding hydrogens is 160 g/mol. The van der Waals surface area contributed by atoms with Crippen molar-refractivity contribution in [2.45, 2.75) is 0 Å². The van der Waals surface area contributed by atoms with E-state index in [9.17, 15) is 0 Å². The Balaban J connectivity index is 0.000001000. The number of nitrogen functional groups attached to an aromatic ring is 1. The van der Waals surface area contributed by atoms with E-state index in [2.05, 4.69) is 12.0 Å². The molecule has 0 heterocycles. The predicted molar refractivity (Wildman–Crippen MR) is 51.6 cm³/mol. The van der Waals surface area contributed by atoms with Crippen LogP contribution in [-0.2, 0) is 0 Å². The Hall–Kier alpha value is -0.990. The summed E-state index contributed by atoms with van der Waals surface area (Å²) < 4.78 is 0. The zero-order valence-electron chi connectivity index (χ0n) is 6.08. The first-order valence-corrected chi connectivity index (χ1v) is 3.06. The maximum absolute atomic E-state index is 5.19. The van der Waals surface area contributed by atoms with Gasteiger partial charge >= 0.3 is 0 Å². The minimum absolute atomic E-state index is 0. The largest absolute Gasteiger partial charge is 0.324 e. The standard InChI is InChI=1S/C8H10N2.ClH/c1-2-7-4-3-5-8(6-7)10-9;/h2-6,10H,1,9H2;1H. The summed E-state index contributed by atoms with van der Waals surface area (Å²) in [5, 5.41) is 0. The molecule has 0 bridgehead atoms. The number of nitrogens with two attached hydrogens (primary N) is 1. The van der Waals surface area contributed by atoms with Gasteiger partial charge in [-0.15, -0.1) is 12.4 Å². The van der Waals surface area contributed by atoms with Crippen LogP contribution in [0.3, 0.4) is 0 Å². The topological polar surface area (TPSA) is 38.0 Å². The van der Waals surface area contributed by atoms with E-state index in [1.165, 1.54) is 0 Å². The summed E-state index contributed by atoms with van der Waals surface area (Å²) in [6.07, 6.45) is 1.78. The van der Waals surface area contributed by atoms with Gasteiger partial charge in [-0.05, 0) is 17.7 Å². The molecule has 60 valence electrons. The molecule has 0 aliphatic carbocycles. The van der Waals surface area contributed by atoms with Crippen molar-refractivity contribution in [1.29, 1.82) is 0 Å². The summed E-state index contributed by atoms with van der Waals surface area (Å²) in [6, 6.07) is 7.71. The summed E-state index contributed by atoms with van der Waals surface area (Å²) in [4.78, 5) is 0. The number of rotatable bonds is 2. The first-order chi connectivity index (χ1) is 4.86. The van der Waals surface area contributed by atoms with E-state index in [-0.39, 0.29) is 12.4 Å². The molecule has 3 heteroatoms. The van der Waals surface area contributed by atoms with Gasteiger partial charge in [-0.3, -0.25) is 5.84 Å². The fourth-order valence-electron chi connectivity index (χ4n) is 0.755. The Morgan fingerprint density at radius 1 is 1.45 bits per heavy atom. The molecule has 0 atom stereocenters. The van der Waals surface area contributed by atoms with E-state index in [1.54, 1.807) is 6.08 Å². The SMILES string of the molecule is C=Cc1cccc(NN)c1.Cl. The molecule has 0 radical (unpaired) electrons. The summed E-state index contributed by atoms with van der Waals surface area (Å²) >= 11 is 0. The minimum atomic E-state index is 0. The van der Waals surface area contributed by atoms with Crippen molar-refractivity contribution in [3.8, 4) is 0 Å². The Morgan fingerprint density at radius 2 is 2.18 bits per heavy atom. The molecule has 0 fully saturated rings. The molecule has 2 nitrogen and oxygen atoms in total. The Bertz CT molecular complexity index is 235. The molecule has 0 spiro atoms. The lowest BCUT2D eigenvalue weighted by atomic mass is 10.2. The van der Waals surface area contributed by atoms with E-state index >= 15 is 0 Å². The van der Waals surface area contributed by atoms with Crippen LogP contribution in [-0.4, -0.2) is 0 Å². The van der Waals surface area contributed by atoms with Crippen LogP contribution >= 0.6 is 12.4 Å². The van der Waals surface area contributed by atoms with Gasteiger partial charge in [0.05, 0.1) is 0 Å². The second kappa shape index (κ2) is 4.77. The van der Waals surface area contributed by atoms with Crippen LogP contribution in [0.1, 0.15) is 5.56 Å². The van der Waals surface area contributed by atoms with Crippen molar-refractivity contribution in [3.63, 3.8) is 0 Å². The van der Waals surface area contributed by atoms with E-state index in [1.807, 2.05) is 24.3 Å². The van der Waals surface area contributed by atoms with Crippen LogP contribution < -0.4 is 11.3 Å². The fraction of sp³-hybridized carbons (Fsp3) is 0. The average molecular weight is 171 g/mol. The van der Waals surface area contributed by atoms with Gasteiger partial charge in [0, 0.05) is 5.69 Å². The molecule has 0 saturated carbocycles. The summed E-state index contributed by atoms with van der Waals surface area (Å²) in [6.45, 7) is 3.64. The average Bonchev–Trinajstić information content (AvgIpc) is 2.05. The number of halogens is 1. The summed E-state index contributed by atoms with van der Waals surface area (Å²) in [5.41, 5.74) is 4.52. The smallest absolute Gasteiger partial charge is 0.0491 e. The van der Waals surface area contributed by atoms with Crippen molar-refractivity contribution < 1.29 is 0 Å². The third kappa shape index (κ3) is 2.62. The van der Waals surface area contributed by atoms with Gasteiger partial charge in [-0.1, -0.05) is 24.8 Å². The first kappa shape index (κ1) is 10.0. The fourth-order valence-corrected chi connectivity index (χ4v) is 0.755. The zero-order valence-corrected chi connectivity index (χ0v) is 6.90. The van der Waals surface area contributed by atoms with Crippen molar-refractivity contribution in [2.75, 3.05) is 5.43 Å². The van der Waals surface area contributed by atoms with Gasteiger partial charge in [-0.25, -0.2) is 0 Å². The van der Waals surface area contributed by atoms with E-state index in [0.29, 0.717) is 0 Å². The van der Waals surface area contributed by atoms with Crippen molar-refractivity contribution >= 4 is 24.2 Å². The van der Waals surface area contributed by atoms with Gasteiger partial charge in [0.1, 0.15) is 0 Å². The number of nitrogens with one attached hydrogen (secondary N) is 1. The molecule has 0 aromatic heterocycles. The zero-order chi connectivity index (χ0) is 7.40. The van der Waals surface area contributed by atoms with E-state index in [0.717, 1.165) is 11.3 Å². The maximum Gasteiger partial charge on any atom is 0.0491 e.